The van der Waals surface area contributed by atoms with E-state index >= 15 is 0 Å². The predicted molar refractivity (Wildman–Crippen MR) is 132 cm³/mol. The average Bonchev–Trinajstić information content (AvgIpc) is 3.15. The number of piperidine rings is 1. The SMILES string of the molecule is CCc1c(C)nc2c(-c3ccccc3)c(C)nn2c1N1CCC(Cc2ccccc2)CC1. The summed E-state index contributed by atoms with van der Waals surface area (Å²) in [6, 6.07) is 21.5. The Morgan fingerprint density at radius 3 is 2.19 bits per heavy atom. The van der Waals surface area contributed by atoms with E-state index in [1.165, 1.54) is 41.8 Å². The number of benzene rings is 2. The number of aromatic nitrogens is 3. The Morgan fingerprint density at radius 2 is 1.53 bits per heavy atom. The lowest BCUT2D eigenvalue weighted by atomic mass is 9.90. The normalized spacial score (nSPS) is 14.9. The zero-order chi connectivity index (χ0) is 22.1. The van der Waals surface area contributed by atoms with E-state index in [1.54, 1.807) is 0 Å². The largest absolute Gasteiger partial charge is 0.356 e. The van der Waals surface area contributed by atoms with E-state index in [0.717, 1.165) is 48.0 Å². The lowest BCUT2D eigenvalue weighted by molar-refractivity contribution is 0.400. The van der Waals surface area contributed by atoms with Gasteiger partial charge in [-0.15, -0.1) is 0 Å². The van der Waals surface area contributed by atoms with E-state index in [1.807, 2.05) is 0 Å². The van der Waals surface area contributed by atoms with E-state index in [-0.39, 0.29) is 0 Å². The van der Waals surface area contributed by atoms with Crippen LogP contribution in [0, 0.1) is 19.8 Å². The van der Waals surface area contributed by atoms with Gasteiger partial charge in [0.2, 0.25) is 0 Å². The predicted octanol–water partition coefficient (Wildman–Crippen LogP) is 6.03. The molecule has 3 heterocycles. The number of aryl methyl sites for hydroxylation is 2. The maximum Gasteiger partial charge on any atom is 0.165 e. The van der Waals surface area contributed by atoms with Gasteiger partial charge in [0.1, 0.15) is 5.82 Å². The van der Waals surface area contributed by atoms with Gasteiger partial charge in [-0.05, 0) is 56.6 Å². The van der Waals surface area contributed by atoms with Crippen LogP contribution < -0.4 is 4.90 Å². The Kier molecular flexibility index (Phi) is 5.69. The van der Waals surface area contributed by atoms with Gasteiger partial charge >= 0.3 is 0 Å². The quantitative estimate of drug-likeness (QED) is 0.392. The lowest BCUT2D eigenvalue weighted by Gasteiger charge is -2.35. The van der Waals surface area contributed by atoms with Gasteiger partial charge in [-0.25, -0.2) is 4.98 Å². The molecule has 0 bridgehead atoms. The van der Waals surface area contributed by atoms with Crippen LogP contribution in [0.3, 0.4) is 0 Å². The first kappa shape index (κ1) is 20.7. The summed E-state index contributed by atoms with van der Waals surface area (Å²) in [5.41, 5.74) is 8.25. The van der Waals surface area contributed by atoms with Crippen molar-refractivity contribution < 1.29 is 0 Å². The lowest BCUT2D eigenvalue weighted by Crippen LogP contribution is -2.36. The second-order valence-corrected chi connectivity index (χ2v) is 9.03. The molecule has 4 nitrogen and oxygen atoms in total. The summed E-state index contributed by atoms with van der Waals surface area (Å²) in [7, 11) is 0. The molecule has 1 saturated heterocycles. The number of hydrogen-bond donors (Lipinski definition) is 0. The van der Waals surface area contributed by atoms with Gasteiger partial charge in [-0.1, -0.05) is 67.6 Å². The van der Waals surface area contributed by atoms with Crippen LogP contribution in [0.5, 0.6) is 0 Å². The number of anilines is 1. The highest BCUT2D eigenvalue weighted by molar-refractivity contribution is 5.81. The molecule has 0 atom stereocenters. The molecular weight excluding hydrogens is 392 g/mol. The van der Waals surface area contributed by atoms with Crippen LogP contribution in [-0.2, 0) is 12.8 Å². The second kappa shape index (κ2) is 8.78. The van der Waals surface area contributed by atoms with Gasteiger partial charge in [0.05, 0.1) is 5.69 Å². The fourth-order valence-corrected chi connectivity index (χ4v) is 5.26. The Labute approximate surface area is 190 Å². The molecular formula is C28H32N4. The fourth-order valence-electron chi connectivity index (χ4n) is 5.26. The fraction of sp³-hybridized carbons (Fsp3) is 0.357. The molecule has 0 saturated carbocycles. The minimum Gasteiger partial charge on any atom is -0.356 e. The van der Waals surface area contributed by atoms with Gasteiger partial charge < -0.3 is 4.90 Å². The Balaban J connectivity index is 1.50. The van der Waals surface area contributed by atoms with Gasteiger partial charge in [-0.3, -0.25) is 0 Å². The molecule has 164 valence electrons. The van der Waals surface area contributed by atoms with Crippen molar-refractivity contribution >= 4 is 11.5 Å². The zero-order valence-electron chi connectivity index (χ0n) is 19.4. The molecule has 5 rings (SSSR count). The van der Waals surface area contributed by atoms with Crippen LogP contribution in [-0.4, -0.2) is 27.7 Å². The summed E-state index contributed by atoms with van der Waals surface area (Å²) < 4.78 is 2.13. The molecule has 0 unspecified atom stereocenters. The van der Waals surface area contributed by atoms with Crippen LogP contribution in [0.1, 0.15) is 42.3 Å². The summed E-state index contributed by atoms with van der Waals surface area (Å²) in [6.45, 7) is 8.64. The highest BCUT2D eigenvalue weighted by Crippen LogP contribution is 2.34. The van der Waals surface area contributed by atoms with Crippen molar-refractivity contribution in [1.82, 2.24) is 14.6 Å². The van der Waals surface area contributed by atoms with Crippen LogP contribution in [0.2, 0.25) is 0 Å². The summed E-state index contributed by atoms with van der Waals surface area (Å²) in [5.74, 6) is 2.00. The first-order valence-corrected chi connectivity index (χ1v) is 11.9. The highest BCUT2D eigenvalue weighted by atomic mass is 15.4. The third kappa shape index (κ3) is 3.79. The van der Waals surface area contributed by atoms with Crippen molar-refractivity contribution in [3.05, 3.63) is 83.2 Å². The van der Waals surface area contributed by atoms with Crippen molar-refractivity contribution in [3.8, 4) is 11.1 Å². The van der Waals surface area contributed by atoms with Crippen LogP contribution in [0.15, 0.2) is 60.7 Å². The molecule has 4 aromatic rings. The van der Waals surface area contributed by atoms with Crippen LogP contribution in [0.25, 0.3) is 16.8 Å². The molecule has 0 spiro atoms. The minimum absolute atomic E-state index is 0.747. The zero-order valence-corrected chi connectivity index (χ0v) is 19.4. The molecule has 0 N–H and O–H groups in total. The summed E-state index contributed by atoms with van der Waals surface area (Å²) in [5, 5.41) is 5.01. The molecule has 2 aromatic carbocycles. The summed E-state index contributed by atoms with van der Waals surface area (Å²) >= 11 is 0. The van der Waals surface area contributed by atoms with E-state index in [0.29, 0.717) is 0 Å². The number of fused-ring (bicyclic) bond motifs is 1. The molecule has 32 heavy (non-hydrogen) atoms. The second-order valence-electron chi connectivity index (χ2n) is 9.03. The number of nitrogens with zero attached hydrogens (tertiary/aromatic N) is 4. The number of hydrogen-bond acceptors (Lipinski definition) is 3. The van der Waals surface area contributed by atoms with Crippen molar-refractivity contribution in [2.24, 2.45) is 5.92 Å². The first-order chi connectivity index (χ1) is 15.7. The highest BCUT2D eigenvalue weighted by Gasteiger charge is 2.26. The van der Waals surface area contributed by atoms with Gasteiger partial charge in [-0.2, -0.15) is 9.61 Å². The molecule has 1 fully saturated rings. The van der Waals surface area contributed by atoms with Gasteiger partial charge in [0.15, 0.2) is 5.65 Å². The van der Waals surface area contributed by atoms with Crippen molar-refractivity contribution in [3.63, 3.8) is 0 Å². The first-order valence-electron chi connectivity index (χ1n) is 11.9. The summed E-state index contributed by atoms with van der Waals surface area (Å²) in [4.78, 5) is 7.60. The monoisotopic (exact) mass is 424 g/mol. The van der Waals surface area contributed by atoms with E-state index < -0.39 is 0 Å². The molecule has 0 amide bonds. The molecule has 4 heteroatoms. The minimum atomic E-state index is 0.747. The maximum atomic E-state index is 5.04. The van der Waals surface area contributed by atoms with E-state index in [9.17, 15) is 0 Å². The van der Waals surface area contributed by atoms with Crippen molar-refractivity contribution in [2.75, 3.05) is 18.0 Å². The molecule has 1 aliphatic rings. The number of rotatable bonds is 5. The third-order valence-electron chi connectivity index (χ3n) is 6.91. The van der Waals surface area contributed by atoms with Gasteiger partial charge in [0.25, 0.3) is 0 Å². The Morgan fingerprint density at radius 1 is 0.875 bits per heavy atom. The Hall–Kier alpha value is -3.14. The molecule has 0 aliphatic carbocycles. The molecule has 2 aromatic heterocycles. The smallest absolute Gasteiger partial charge is 0.165 e. The Bertz CT molecular complexity index is 1200. The summed E-state index contributed by atoms with van der Waals surface area (Å²) in [6.07, 6.45) is 4.58. The van der Waals surface area contributed by atoms with Crippen molar-refractivity contribution in [1.29, 1.82) is 0 Å². The standard InChI is InChI=1S/C28H32N4/c1-4-25-20(2)29-27-26(24-13-9-6-10-14-24)21(3)30-32(27)28(25)31-17-15-23(16-18-31)19-22-11-7-5-8-12-22/h5-14,23H,4,15-19H2,1-3H3. The van der Waals surface area contributed by atoms with E-state index in [2.05, 4.69) is 90.9 Å². The van der Waals surface area contributed by atoms with E-state index in [4.69, 9.17) is 10.1 Å². The molecule has 1 aliphatic heterocycles. The topological polar surface area (TPSA) is 33.4 Å². The third-order valence-corrected chi connectivity index (χ3v) is 6.91. The van der Waals surface area contributed by atoms with Crippen molar-refractivity contribution in [2.45, 2.75) is 46.5 Å². The van der Waals surface area contributed by atoms with Gasteiger partial charge in [0, 0.05) is 29.9 Å². The van der Waals surface area contributed by atoms with Crippen LogP contribution >= 0.6 is 0 Å². The molecule has 0 radical (unpaired) electrons. The van der Waals surface area contributed by atoms with Crippen LogP contribution in [0.4, 0.5) is 5.82 Å². The average molecular weight is 425 g/mol. The maximum absolute atomic E-state index is 5.04.